The number of halogens is 1. The molecule has 2 aromatic carbocycles. The minimum absolute atomic E-state index is 0.113. The number of rotatable bonds is 5. The number of amides is 1. The highest BCUT2D eigenvalue weighted by Crippen LogP contribution is 2.25. The number of benzene rings is 2. The van der Waals surface area contributed by atoms with Crippen molar-refractivity contribution >= 4 is 44.8 Å². The summed E-state index contributed by atoms with van der Waals surface area (Å²) in [6.45, 7) is 0.493. The Morgan fingerprint density at radius 3 is 2.63 bits per heavy atom. The van der Waals surface area contributed by atoms with Crippen LogP contribution in [-0.4, -0.2) is 22.4 Å². The fourth-order valence-corrected chi connectivity index (χ4v) is 3.94. The van der Waals surface area contributed by atoms with E-state index in [-0.39, 0.29) is 5.91 Å². The third-order valence-electron chi connectivity index (χ3n) is 4.19. The molecule has 2 heterocycles. The van der Waals surface area contributed by atoms with Crippen molar-refractivity contribution in [2.45, 2.75) is 6.54 Å². The van der Waals surface area contributed by atoms with Gasteiger partial charge in [0, 0.05) is 27.3 Å². The second kappa shape index (κ2) is 7.69. The number of carbonyl (C=O) groups is 1. The van der Waals surface area contributed by atoms with E-state index >= 15 is 0 Å². The largest absolute Gasteiger partial charge is 0.497 e. The monoisotopic (exact) mass is 489 g/mol. The van der Waals surface area contributed by atoms with Gasteiger partial charge in [0.25, 0.3) is 5.91 Å². The molecule has 27 heavy (non-hydrogen) atoms. The zero-order valence-electron chi connectivity index (χ0n) is 14.5. The number of nitrogens with zero attached hydrogens (tertiary/aromatic N) is 2. The Labute approximate surface area is 174 Å². The summed E-state index contributed by atoms with van der Waals surface area (Å²) in [5.41, 5.74) is 3.47. The molecule has 2 aromatic heterocycles. The number of hydrogen-bond donors (Lipinski definition) is 1. The molecule has 1 amide bonds. The number of nitrogens with one attached hydrogen (secondary N) is 1. The molecule has 1 N–H and O–H groups in total. The minimum Gasteiger partial charge on any atom is -0.497 e. The third kappa shape index (κ3) is 3.84. The molecular formula is C20H16IN3O2S. The topological polar surface area (TPSA) is 55.6 Å². The normalized spacial score (nSPS) is 10.9. The zero-order chi connectivity index (χ0) is 18.8. The molecule has 0 bridgehead atoms. The van der Waals surface area contributed by atoms with Crippen LogP contribution in [0.25, 0.3) is 16.2 Å². The molecular weight excluding hydrogens is 473 g/mol. The molecule has 0 aliphatic heterocycles. The Balaban J connectivity index is 1.54. The van der Waals surface area contributed by atoms with Gasteiger partial charge in [0.2, 0.25) is 0 Å². The molecule has 7 heteroatoms. The van der Waals surface area contributed by atoms with Gasteiger partial charge in [-0.15, -0.1) is 11.3 Å². The molecule has 0 aliphatic carbocycles. The predicted octanol–water partition coefficient (Wildman–Crippen LogP) is 4.61. The van der Waals surface area contributed by atoms with Crippen LogP contribution in [-0.2, 0) is 6.54 Å². The lowest BCUT2D eigenvalue weighted by molar-refractivity contribution is 0.0945. The van der Waals surface area contributed by atoms with Crippen LogP contribution in [0.4, 0.5) is 0 Å². The highest BCUT2D eigenvalue weighted by atomic mass is 127. The van der Waals surface area contributed by atoms with Crippen molar-refractivity contribution in [3.05, 3.63) is 74.9 Å². The first-order valence-corrected chi connectivity index (χ1v) is 10.2. The molecule has 0 spiro atoms. The molecule has 0 saturated heterocycles. The summed E-state index contributed by atoms with van der Waals surface area (Å²) in [7, 11) is 1.64. The lowest BCUT2D eigenvalue weighted by Crippen LogP contribution is -2.23. The van der Waals surface area contributed by atoms with Gasteiger partial charge in [-0.3, -0.25) is 9.20 Å². The summed E-state index contributed by atoms with van der Waals surface area (Å²) in [6, 6.07) is 15.8. The summed E-state index contributed by atoms with van der Waals surface area (Å²) >= 11 is 3.72. The number of aromatic nitrogens is 2. The van der Waals surface area contributed by atoms with E-state index in [9.17, 15) is 4.79 Å². The average molecular weight is 489 g/mol. The summed E-state index contributed by atoms with van der Waals surface area (Å²) in [6.07, 6.45) is 1.90. The second-order valence-electron chi connectivity index (χ2n) is 5.94. The molecule has 0 fully saturated rings. The van der Waals surface area contributed by atoms with E-state index in [4.69, 9.17) is 4.74 Å². The third-order valence-corrected chi connectivity index (χ3v) is 5.75. The first kappa shape index (κ1) is 18.0. The van der Waals surface area contributed by atoms with Crippen molar-refractivity contribution in [2.75, 3.05) is 7.11 Å². The van der Waals surface area contributed by atoms with Crippen molar-refractivity contribution in [3.63, 3.8) is 0 Å². The van der Waals surface area contributed by atoms with Crippen LogP contribution in [0, 0.1) is 3.57 Å². The van der Waals surface area contributed by atoms with Gasteiger partial charge in [-0.1, -0.05) is 12.1 Å². The zero-order valence-corrected chi connectivity index (χ0v) is 17.5. The lowest BCUT2D eigenvalue weighted by atomic mass is 10.2. The van der Waals surface area contributed by atoms with E-state index in [2.05, 4.69) is 32.9 Å². The average Bonchev–Trinajstić information content (AvgIpc) is 3.28. The number of ether oxygens (including phenoxy) is 1. The summed E-state index contributed by atoms with van der Waals surface area (Å²) in [4.78, 5) is 18.0. The van der Waals surface area contributed by atoms with Crippen molar-refractivity contribution in [1.29, 1.82) is 0 Å². The number of thiazole rings is 1. The van der Waals surface area contributed by atoms with Crippen molar-refractivity contribution < 1.29 is 9.53 Å². The molecule has 4 rings (SSSR count). The van der Waals surface area contributed by atoms with Crippen LogP contribution in [0.15, 0.2) is 60.1 Å². The van der Waals surface area contributed by atoms with Gasteiger partial charge >= 0.3 is 0 Å². The second-order valence-corrected chi connectivity index (χ2v) is 8.02. The maximum atomic E-state index is 12.6. The Kier molecular flexibility index (Phi) is 5.13. The fraction of sp³-hybridized carbons (Fsp3) is 0.100. The molecule has 0 unspecified atom stereocenters. The van der Waals surface area contributed by atoms with Crippen molar-refractivity contribution in [3.8, 4) is 17.0 Å². The van der Waals surface area contributed by atoms with Gasteiger partial charge in [0.05, 0.1) is 12.8 Å². The standard InChI is InChI=1S/C20H16IN3O2S/c1-26-16-8-4-14(5-9-16)17-11-24-18(12-27-20(24)23-17)19(25)22-10-13-2-6-15(21)7-3-13/h2-9,11-12H,10H2,1H3,(H,22,25). The number of imidazole rings is 1. The van der Waals surface area contributed by atoms with E-state index in [1.807, 2.05) is 64.5 Å². The van der Waals surface area contributed by atoms with Crippen LogP contribution in [0.3, 0.4) is 0 Å². The Hall–Kier alpha value is -2.39. The molecule has 0 saturated carbocycles. The van der Waals surface area contributed by atoms with Gasteiger partial charge in [0.15, 0.2) is 4.96 Å². The molecule has 0 radical (unpaired) electrons. The smallest absolute Gasteiger partial charge is 0.269 e. The minimum atomic E-state index is -0.113. The SMILES string of the molecule is COc1ccc(-c2cn3c(C(=O)NCc4ccc(I)cc4)csc3n2)cc1. The Morgan fingerprint density at radius 2 is 1.93 bits per heavy atom. The van der Waals surface area contributed by atoms with Crippen LogP contribution in [0.1, 0.15) is 16.1 Å². The predicted molar refractivity (Wildman–Crippen MR) is 115 cm³/mol. The van der Waals surface area contributed by atoms with Gasteiger partial charge in [0.1, 0.15) is 11.4 Å². The highest BCUT2D eigenvalue weighted by molar-refractivity contribution is 14.1. The number of fused-ring (bicyclic) bond motifs is 1. The molecule has 5 nitrogen and oxygen atoms in total. The quantitative estimate of drug-likeness (QED) is 0.417. The lowest BCUT2D eigenvalue weighted by Gasteiger charge is -2.05. The Morgan fingerprint density at radius 1 is 1.19 bits per heavy atom. The maximum Gasteiger partial charge on any atom is 0.269 e. The molecule has 0 atom stereocenters. The van der Waals surface area contributed by atoms with Crippen LogP contribution in [0.5, 0.6) is 5.75 Å². The highest BCUT2D eigenvalue weighted by Gasteiger charge is 2.15. The fourth-order valence-electron chi connectivity index (χ4n) is 2.72. The Bertz CT molecular complexity index is 1080. The number of hydrogen-bond acceptors (Lipinski definition) is 4. The summed E-state index contributed by atoms with van der Waals surface area (Å²) in [5.74, 6) is 0.689. The first-order chi connectivity index (χ1) is 13.1. The van der Waals surface area contributed by atoms with E-state index < -0.39 is 0 Å². The molecule has 4 aromatic rings. The van der Waals surface area contributed by atoms with E-state index in [1.165, 1.54) is 14.9 Å². The van der Waals surface area contributed by atoms with E-state index in [0.717, 1.165) is 27.5 Å². The van der Waals surface area contributed by atoms with Crippen molar-refractivity contribution in [2.24, 2.45) is 0 Å². The van der Waals surface area contributed by atoms with Gasteiger partial charge in [-0.2, -0.15) is 0 Å². The molecule has 0 aliphatic rings. The van der Waals surface area contributed by atoms with E-state index in [0.29, 0.717) is 12.2 Å². The number of carbonyl (C=O) groups excluding carboxylic acids is 1. The van der Waals surface area contributed by atoms with Crippen LogP contribution < -0.4 is 10.1 Å². The van der Waals surface area contributed by atoms with Crippen LogP contribution in [0.2, 0.25) is 0 Å². The van der Waals surface area contributed by atoms with Crippen molar-refractivity contribution in [1.82, 2.24) is 14.7 Å². The maximum absolute atomic E-state index is 12.6. The summed E-state index contributed by atoms with van der Waals surface area (Å²) in [5, 5.41) is 4.81. The van der Waals surface area contributed by atoms with Gasteiger partial charge in [-0.25, -0.2) is 4.98 Å². The van der Waals surface area contributed by atoms with E-state index in [1.54, 1.807) is 7.11 Å². The number of methoxy groups -OCH3 is 1. The van der Waals surface area contributed by atoms with Gasteiger partial charge in [-0.05, 0) is 64.6 Å². The first-order valence-electron chi connectivity index (χ1n) is 8.28. The molecule has 136 valence electrons. The van der Waals surface area contributed by atoms with Crippen LogP contribution >= 0.6 is 33.9 Å². The summed E-state index contributed by atoms with van der Waals surface area (Å²) < 4.78 is 8.21. The van der Waals surface area contributed by atoms with Gasteiger partial charge < -0.3 is 10.1 Å².